The second kappa shape index (κ2) is 10.1. The van der Waals surface area contributed by atoms with E-state index in [1.807, 2.05) is 44.2 Å². The number of nitrogens with zero attached hydrogens (tertiary/aromatic N) is 2. The molecule has 0 radical (unpaired) electrons. The lowest BCUT2D eigenvalue weighted by Gasteiger charge is -2.22. The summed E-state index contributed by atoms with van der Waals surface area (Å²) in [5, 5.41) is 8.88. The van der Waals surface area contributed by atoms with E-state index in [2.05, 4.69) is 6.07 Å². The van der Waals surface area contributed by atoms with Gasteiger partial charge in [0.15, 0.2) is 18.1 Å². The number of carbonyl (C=O) groups excluding carboxylic acids is 1. The molecule has 0 bridgehead atoms. The number of ether oxygens (including phenoxy) is 2. The molecule has 0 fully saturated rings. The van der Waals surface area contributed by atoms with Crippen LogP contribution in [-0.4, -0.2) is 30.6 Å². The maximum absolute atomic E-state index is 12.6. The summed E-state index contributed by atoms with van der Waals surface area (Å²) in [7, 11) is 0. The first-order valence-corrected chi connectivity index (χ1v) is 8.79. The summed E-state index contributed by atoms with van der Waals surface area (Å²) in [5.41, 5.74) is 1.60. The molecule has 0 unspecified atom stereocenters. The molecule has 136 valence electrons. The molecule has 2 aromatic rings. The Labute approximate surface area is 154 Å². The molecule has 0 atom stereocenters. The molecule has 1 amide bonds. The maximum Gasteiger partial charge on any atom is 0.260 e. The third-order valence-electron chi connectivity index (χ3n) is 3.80. The summed E-state index contributed by atoms with van der Waals surface area (Å²) in [6.45, 7) is 5.58. The van der Waals surface area contributed by atoms with Crippen LogP contribution in [0.4, 0.5) is 0 Å². The van der Waals surface area contributed by atoms with Crippen LogP contribution in [0.25, 0.3) is 0 Å². The maximum atomic E-state index is 12.6. The van der Waals surface area contributed by atoms with Crippen molar-refractivity contribution in [1.29, 1.82) is 5.26 Å². The van der Waals surface area contributed by atoms with E-state index in [1.54, 1.807) is 23.1 Å². The Kier molecular flexibility index (Phi) is 7.50. The number of benzene rings is 2. The molecule has 0 saturated carbocycles. The zero-order valence-corrected chi connectivity index (χ0v) is 15.3. The van der Waals surface area contributed by atoms with Crippen LogP contribution in [0.1, 0.15) is 31.4 Å². The first kappa shape index (κ1) is 19.3. The molecular weight excluding hydrogens is 328 g/mol. The fourth-order valence-corrected chi connectivity index (χ4v) is 2.54. The van der Waals surface area contributed by atoms with Crippen molar-refractivity contribution in [3.8, 4) is 17.6 Å². The minimum absolute atomic E-state index is 0.0413. The van der Waals surface area contributed by atoms with Gasteiger partial charge in [-0.15, -0.1) is 0 Å². The summed E-state index contributed by atoms with van der Waals surface area (Å²) < 4.78 is 11.2. The van der Waals surface area contributed by atoms with Crippen molar-refractivity contribution in [2.45, 2.75) is 26.8 Å². The Balaban J connectivity index is 2.00. The van der Waals surface area contributed by atoms with Crippen LogP contribution >= 0.6 is 0 Å². The molecule has 0 aliphatic rings. The Morgan fingerprint density at radius 2 is 1.69 bits per heavy atom. The van der Waals surface area contributed by atoms with Gasteiger partial charge in [0.2, 0.25) is 0 Å². The predicted octanol–water partition coefficient (Wildman–Crippen LogP) is 3.77. The van der Waals surface area contributed by atoms with Crippen LogP contribution in [0.15, 0.2) is 48.5 Å². The minimum Gasteiger partial charge on any atom is -0.490 e. The van der Waals surface area contributed by atoms with E-state index in [0.717, 1.165) is 12.0 Å². The highest BCUT2D eigenvalue weighted by molar-refractivity contribution is 5.77. The van der Waals surface area contributed by atoms with Crippen molar-refractivity contribution >= 4 is 5.91 Å². The van der Waals surface area contributed by atoms with Crippen LogP contribution in [0, 0.1) is 11.3 Å². The number of rotatable bonds is 9. The molecule has 0 aromatic heterocycles. The second-order valence-corrected chi connectivity index (χ2v) is 5.79. The molecule has 5 nitrogen and oxygen atoms in total. The molecule has 0 spiro atoms. The van der Waals surface area contributed by atoms with Gasteiger partial charge in [0.05, 0.1) is 18.2 Å². The Morgan fingerprint density at radius 3 is 2.27 bits per heavy atom. The highest BCUT2D eigenvalue weighted by Gasteiger charge is 2.15. The lowest BCUT2D eigenvalue weighted by Crippen LogP contribution is -2.35. The molecule has 2 rings (SSSR count). The zero-order valence-electron chi connectivity index (χ0n) is 15.3. The third kappa shape index (κ3) is 5.52. The van der Waals surface area contributed by atoms with E-state index in [-0.39, 0.29) is 12.5 Å². The van der Waals surface area contributed by atoms with E-state index < -0.39 is 0 Å². The third-order valence-corrected chi connectivity index (χ3v) is 3.80. The standard InChI is InChI=1S/C21H24N2O3/c1-3-13-23(15-18-11-9-17(14-22)10-12-18)21(24)16-26-20-8-6-5-7-19(20)25-4-2/h5-12H,3-4,13,15-16H2,1-2H3. The number of hydrogen-bond donors (Lipinski definition) is 0. The van der Waals surface area contributed by atoms with E-state index in [1.165, 1.54) is 0 Å². The summed E-state index contributed by atoms with van der Waals surface area (Å²) >= 11 is 0. The molecule has 0 aliphatic carbocycles. The zero-order chi connectivity index (χ0) is 18.8. The van der Waals surface area contributed by atoms with Crippen molar-refractivity contribution in [2.75, 3.05) is 19.8 Å². The molecule has 0 N–H and O–H groups in total. The number of nitriles is 1. The van der Waals surface area contributed by atoms with Crippen molar-refractivity contribution in [3.63, 3.8) is 0 Å². The fraction of sp³-hybridized carbons (Fsp3) is 0.333. The second-order valence-electron chi connectivity index (χ2n) is 5.79. The Bertz CT molecular complexity index is 751. The summed E-state index contributed by atoms with van der Waals surface area (Å²) in [4.78, 5) is 14.4. The summed E-state index contributed by atoms with van der Waals surface area (Å²) in [6, 6.07) is 16.7. The molecule has 26 heavy (non-hydrogen) atoms. The van der Waals surface area contributed by atoms with Gasteiger partial charge in [-0.1, -0.05) is 31.2 Å². The average molecular weight is 352 g/mol. The van der Waals surface area contributed by atoms with Gasteiger partial charge in [-0.05, 0) is 43.2 Å². The molecular formula is C21H24N2O3. The number of amides is 1. The SMILES string of the molecule is CCCN(Cc1ccc(C#N)cc1)C(=O)COc1ccccc1OCC. The molecule has 5 heteroatoms. The molecule has 0 aliphatic heterocycles. The van der Waals surface area contributed by atoms with Crippen molar-refractivity contribution in [3.05, 3.63) is 59.7 Å². The normalized spacial score (nSPS) is 10.0. The number of hydrogen-bond acceptors (Lipinski definition) is 4. The van der Waals surface area contributed by atoms with Gasteiger partial charge >= 0.3 is 0 Å². The lowest BCUT2D eigenvalue weighted by molar-refractivity contribution is -0.134. The van der Waals surface area contributed by atoms with Gasteiger partial charge in [-0.2, -0.15) is 5.26 Å². The monoisotopic (exact) mass is 352 g/mol. The van der Waals surface area contributed by atoms with Gasteiger partial charge in [-0.25, -0.2) is 0 Å². The first-order valence-electron chi connectivity index (χ1n) is 8.79. The van der Waals surface area contributed by atoms with Crippen LogP contribution in [0.2, 0.25) is 0 Å². The molecule has 2 aromatic carbocycles. The van der Waals surface area contributed by atoms with E-state index in [0.29, 0.717) is 36.8 Å². The van der Waals surface area contributed by atoms with Crippen LogP contribution < -0.4 is 9.47 Å². The first-order chi connectivity index (χ1) is 12.7. The van der Waals surface area contributed by atoms with Crippen LogP contribution in [-0.2, 0) is 11.3 Å². The molecule has 0 saturated heterocycles. The highest BCUT2D eigenvalue weighted by Crippen LogP contribution is 2.26. The Hall–Kier alpha value is -3.00. The van der Waals surface area contributed by atoms with Gasteiger partial charge in [-0.3, -0.25) is 4.79 Å². The Morgan fingerprint density at radius 1 is 1.04 bits per heavy atom. The fourth-order valence-electron chi connectivity index (χ4n) is 2.54. The summed E-state index contributed by atoms with van der Waals surface area (Å²) in [6.07, 6.45) is 0.859. The smallest absolute Gasteiger partial charge is 0.260 e. The predicted molar refractivity (Wildman–Crippen MR) is 100.0 cm³/mol. The van der Waals surface area contributed by atoms with E-state index in [9.17, 15) is 4.79 Å². The number of carbonyl (C=O) groups is 1. The minimum atomic E-state index is -0.0810. The average Bonchev–Trinajstić information content (AvgIpc) is 2.67. The van der Waals surface area contributed by atoms with Crippen molar-refractivity contribution in [2.24, 2.45) is 0 Å². The van der Waals surface area contributed by atoms with Gasteiger partial charge < -0.3 is 14.4 Å². The largest absolute Gasteiger partial charge is 0.490 e. The molecule has 0 heterocycles. The van der Waals surface area contributed by atoms with Gasteiger partial charge in [0.1, 0.15) is 0 Å². The summed E-state index contributed by atoms with van der Waals surface area (Å²) in [5.74, 6) is 1.12. The van der Waals surface area contributed by atoms with Crippen molar-refractivity contribution < 1.29 is 14.3 Å². The van der Waals surface area contributed by atoms with Crippen LogP contribution in [0.5, 0.6) is 11.5 Å². The van der Waals surface area contributed by atoms with Crippen LogP contribution in [0.3, 0.4) is 0 Å². The van der Waals surface area contributed by atoms with E-state index in [4.69, 9.17) is 14.7 Å². The highest BCUT2D eigenvalue weighted by atomic mass is 16.5. The lowest BCUT2D eigenvalue weighted by atomic mass is 10.1. The van der Waals surface area contributed by atoms with Gasteiger partial charge in [0, 0.05) is 13.1 Å². The van der Waals surface area contributed by atoms with Gasteiger partial charge in [0.25, 0.3) is 5.91 Å². The van der Waals surface area contributed by atoms with E-state index >= 15 is 0 Å². The topological polar surface area (TPSA) is 62.6 Å². The quantitative estimate of drug-likeness (QED) is 0.689. The number of para-hydroxylation sites is 2. The van der Waals surface area contributed by atoms with Crippen molar-refractivity contribution in [1.82, 2.24) is 4.90 Å².